The van der Waals surface area contributed by atoms with E-state index in [2.05, 4.69) is 20.6 Å². The van der Waals surface area contributed by atoms with Crippen LogP contribution in [-0.4, -0.2) is 29.1 Å². The van der Waals surface area contributed by atoms with E-state index in [1.165, 1.54) is 20.0 Å². The van der Waals surface area contributed by atoms with Crippen LogP contribution in [0, 0.1) is 6.92 Å². The molecule has 1 aromatic carbocycles. The van der Waals surface area contributed by atoms with Crippen LogP contribution in [-0.2, 0) is 4.74 Å². The van der Waals surface area contributed by atoms with Crippen LogP contribution in [0.2, 0.25) is 5.02 Å². The molecule has 0 amide bonds. The minimum absolute atomic E-state index is 0.415. The maximum absolute atomic E-state index is 11.7. The van der Waals surface area contributed by atoms with Crippen molar-refractivity contribution < 1.29 is 9.53 Å². The van der Waals surface area contributed by atoms with Gasteiger partial charge >= 0.3 is 5.97 Å². The van der Waals surface area contributed by atoms with E-state index >= 15 is 0 Å². The number of hydrogen-bond donors (Lipinski definition) is 2. The Bertz CT molecular complexity index is 776. The fourth-order valence-electron chi connectivity index (χ4n) is 2.95. The van der Waals surface area contributed by atoms with Gasteiger partial charge in [0.25, 0.3) is 0 Å². The molecule has 2 aromatic rings. The van der Waals surface area contributed by atoms with Crippen molar-refractivity contribution in [2.45, 2.75) is 38.6 Å². The number of hydrogen-bond acceptors (Lipinski definition) is 6. The highest BCUT2D eigenvalue weighted by atomic mass is 35.5. The van der Waals surface area contributed by atoms with Crippen molar-refractivity contribution >= 4 is 35.0 Å². The van der Waals surface area contributed by atoms with Crippen molar-refractivity contribution in [3.05, 3.63) is 40.5 Å². The number of aromatic nitrogens is 2. The van der Waals surface area contributed by atoms with Gasteiger partial charge in [-0.3, -0.25) is 0 Å². The zero-order chi connectivity index (χ0) is 17.8. The fourth-order valence-corrected chi connectivity index (χ4v) is 3.12. The van der Waals surface area contributed by atoms with Crippen LogP contribution < -0.4 is 10.6 Å². The summed E-state index contributed by atoms with van der Waals surface area (Å²) < 4.78 is 4.75. The van der Waals surface area contributed by atoms with Gasteiger partial charge in [-0.2, -0.15) is 4.98 Å². The second-order valence-electron chi connectivity index (χ2n) is 6.16. The summed E-state index contributed by atoms with van der Waals surface area (Å²) in [5.41, 5.74) is 1.86. The Morgan fingerprint density at radius 1 is 1.24 bits per heavy atom. The SMILES string of the molecule is COC(=O)c1ccc(Cl)c(Nc2cc(C)nc(NC3CCCC3)n2)c1. The Kier molecular flexibility index (Phi) is 5.38. The van der Waals surface area contributed by atoms with E-state index in [0.717, 1.165) is 18.5 Å². The number of carbonyl (C=O) groups excluding carboxylic acids is 1. The molecule has 3 rings (SSSR count). The number of carbonyl (C=O) groups is 1. The van der Waals surface area contributed by atoms with E-state index in [0.29, 0.717) is 34.1 Å². The number of rotatable bonds is 5. The number of aryl methyl sites for hydroxylation is 1. The Morgan fingerprint density at radius 3 is 2.72 bits per heavy atom. The molecule has 0 unspecified atom stereocenters. The topological polar surface area (TPSA) is 76.1 Å². The highest BCUT2D eigenvalue weighted by Crippen LogP contribution is 2.27. The molecule has 1 aliphatic carbocycles. The Morgan fingerprint density at radius 2 is 2.00 bits per heavy atom. The van der Waals surface area contributed by atoms with Gasteiger partial charge in [-0.05, 0) is 38.0 Å². The number of nitrogens with zero attached hydrogens (tertiary/aromatic N) is 2. The van der Waals surface area contributed by atoms with Crippen LogP contribution in [0.5, 0.6) is 0 Å². The molecule has 1 aromatic heterocycles. The number of esters is 1. The van der Waals surface area contributed by atoms with Crippen LogP contribution >= 0.6 is 11.6 Å². The lowest BCUT2D eigenvalue weighted by molar-refractivity contribution is 0.0601. The zero-order valence-electron chi connectivity index (χ0n) is 14.3. The first kappa shape index (κ1) is 17.5. The summed E-state index contributed by atoms with van der Waals surface area (Å²) >= 11 is 6.24. The lowest BCUT2D eigenvalue weighted by atomic mass is 10.2. The molecule has 0 radical (unpaired) electrons. The molecule has 6 nitrogen and oxygen atoms in total. The summed E-state index contributed by atoms with van der Waals surface area (Å²) in [5, 5.41) is 7.05. The van der Waals surface area contributed by atoms with Crippen LogP contribution in [0.4, 0.5) is 17.5 Å². The lowest BCUT2D eigenvalue weighted by Gasteiger charge is -2.14. The summed E-state index contributed by atoms with van der Waals surface area (Å²) in [7, 11) is 1.35. The first-order valence-electron chi connectivity index (χ1n) is 8.32. The van der Waals surface area contributed by atoms with Crippen molar-refractivity contribution in [2.24, 2.45) is 0 Å². The van der Waals surface area contributed by atoms with Gasteiger partial charge in [0.2, 0.25) is 5.95 Å². The summed E-state index contributed by atoms with van der Waals surface area (Å²) in [5.74, 6) is 0.814. The van der Waals surface area contributed by atoms with Gasteiger partial charge in [-0.15, -0.1) is 0 Å². The van der Waals surface area contributed by atoms with Crippen molar-refractivity contribution in [1.82, 2.24) is 9.97 Å². The molecule has 1 heterocycles. The molecule has 1 aliphatic rings. The molecule has 0 saturated heterocycles. The number of halogens is 1. The van der Waals surface area contributed by atoms with Crippen molar-refractivity contribution in [3.8, 4) is 0 Å². The van der Waals surface area contributed by atoms with Gasteiger partial charge in [-0.25, -0.2) is 9.78 Å². The van der Waals surface area contributed by atoms with Crippen LogP contribution in [0.1, 0.15) is 41.7 Å². The third-order valence-corrected chi connectivity index (χ3v) is 4.52. The standard InChI is InChI=1S/C18H21ClN4O2/c1-11-9-16(23-18(20-11)21-13-5-3-4-6-13)22-15-10-12(17(24)25-2)7-8-14(15)19/h7-10,13H,3-6H2,1-2H3,(H2,20,21,22,23). The minimum atomic E-state index is -0.415. The fraction of sp³-hybridized carbons (Fsp3) is 0.389. The van der Waals surface area contributed by atoms with E-state index in [-0.39, 0.29) is 0 Å². The maximum atomic E-state index is 11.7. The van der Waals surface area contributed by atoms with Crippen LogP contribution in [0.3, 0.4) is 0 Å². The average Bonchev–Trinajstić information content (AvgIpc) is 3.08. The van der Waals surface area contributed by atoms with Gasteiger partial charge in [0.15, 0.2) is 0 Å². The summed E-state index contributed by atoms with van der Waals surface area (Å²) in [6.45, 7) is 1.92. The molecule has 7 heteroatoms. The Balaban J connectivity index is 1.82. The van der Waals surface area contributed by atoms with Crippen LogP contribution in [0.15, 0.2) is 24.3 Å². The molecule has 1 fully saturated rings. The summed E-state index contributed by atoms with van der Waals surface area (Å²) in [6, 6.07) is 7.19. The minimum Gasteiger partial charge on any atom is -0.465 e. The third kappa shape index (κ3) is 4.39. The smallest absolute Gasteiger partial charge is 0.337 e. The van der Waals surface area contributed by atoms with Gasteiger partial charge in [0, 0.05) is 17.8 Å². The maximum Gasteiger partial charge on any atom is 0.337 e. The third-order valence-electron chi connectivity index (χ3n) is 4.19. The normalized spacial score (nSPS) is 14.4. The summed E-state index contributed by atoms with van der Waals surface area (Å²) in [4.78, 5) is 20.7. The van der Waals surface area contributed by atoms with Crippen molar-refractivity contribution in [2.75, 3.05) is 17.7 Å². The first-order chi connectivity index (χ1) is 12.0. The molecule has 0 atom stereocenters. The number of ether oxygens (including phenoxy) is 1. The monoisotopic (exact) mass is 360 g/mol. The molecule has 2 N–H and O–H groups in total. The Hall–Kier alpha value is -2.34. The summed E-state index contributed by atoms with van der Waals surface area (Å²) in [6.07, 6.45) is 4.77. The molecule has 1 saturated carbocycles. The predicted molar refractivity (Wildman–Crippen MR) is 98.7 cm³/mol. The van der Waals surface area contributed by atoms with Gasteiger partial charge in [0.1, 0.15) is 5.82 Å². The molecule has 0 bridgehead atoms. The van der Waals surface area contributed by atoms with E-state index < -0.39 is 5.97 Å². The van der Waals surface area contributed by atoms with Gasteiger partial charge in [-0.1, -0.05) is 24.4 Å². The molecule has 0 spiro atoms. The van der Waals surface area contributed by atoms with Gasteiger partial charge < -0.3 is 15.4 Å². The molecule has 25 heavy (non-hydrogen) atoms. The first-order valence-corrected chi connectivity index (χ1v) is 8.70. The molecular formula is C18H21ClN4O2. The second kappa shape index (κ2) is 7.70. The highest BCUT2D eigenvalue weighted by molar-refractivity contribution is 6.33. The quantitative estimate of drug-likeness (QED) is 0.773. The lowest BCUT2D eigenvalue weighted by Crippen LogP contribution is -2.17. The van der Waals surface area contributed by atoms with Gasteiger partial charge in [0.05, 0.1) is 23.4 Å². The largest absolute Gasteiger partial charge is 0.465 e. The Labute approximate surface area is 152 Å². The average molecular weight is 361 g/mol. The molecule has 132 valence electrons. The number of nitrogens with one attached hydrogen (secondary N) is 2. The zero-order valence-corrected chi connectivity index (χ0v) is 15.1. The second-order valence-corrected chi connectivity index (χ2v) is 6.56. The molecule has 0 aliphatic heterocycles. The van der Waals surface area contributed by atoms with E-state index in [1.807, 2.05) is 13.0 Å². The number of methoxy groups -OCH3 is 1. The van der Waals surface area contributed by atoms with Crippen LogP contribution in [0.25, 0.3) is 0 Å². The number of anilines is 3. The van der Waals surface area contributed by atoms with E-state index in [4.69, 9.17) is 16.3 Å². The molecular weight excluding hydrogens is 340 g/mol. The predicted octanol–water partition coefficient (Wildman–Crippen LogP) is 4.32. The van der Waals surface area contributed by atoms with E-state index in [9.17, 15) is 4.79 Å². The van der Waals surface area contributed by atoms with Crippen molar-refractivity contribution in [3.63, 3.8) is 0 Å². The highest BCUT2D eigenvalue weighted by Gasteiger charge is 2.16. The number of benzene rings is 1. The van der Waals surface area contributed by atoms with E-state index in [1.54, 1.807) is 18.2 Å². The van der Waals surface area contributed by atoms with Crippen molar-refractivity contribution in [1.29, 1.82) is 0 Å².